The highest BCUT2D eigenvalue weighted by molar-refractivity contribution is 6.09. The van der Waals surface area contributed by atoms with Gasteiger partial charge in [0.05, 0.1) is 17.2 Å². The van der Waals surface area contributed by atoms with Crippen molar-refractivity contribution in [2.45, 2.75) is 44.3 Å². The third kappa shape index (κ3) is 3.01. The van der Waals surface area contributed by atoms with Crippen LogP contribution in [0.3, 0.4) is 0 Å². The lowest BCUT2D eigenvalue weighted by Gasteiger charge is -2.49. The highest BCUT2D eigenvalue weighted by atomic mass is 16.5. The number of nitrogens with zero attached hydrogens (tertiary/aromatic N) is 2. The van der Waals surface area contributed by atoms with E-state index in [0.717, 1.165) is 25.3 Å². The molecular weight excluding hydrogens is 330 g/mol. The highest BCUT2D eigenvalue weighted by Gasteiger charge is 2.42. The second-order valence-corrected chi connectivity index (χ2v) is 7.87. The summed E-state index contributed by atoms with van der Waals surface area (Å²) in [5, 5.41) is 0. The van der Waals surface area contributed by atoms with Crippen molar-refractivity contribution in [2.75, 3.05) is 26.8 Å². The van der Waals surface area contributed by atoms with Crippen molar-refractivity contribution in [3.8, 4) is 0 Å². The van der Waals surface area contributed by atoms with Gasteiger partial charge in [-0.25, -0.2) is 0 Å². The summed E-state index contributed by atoms with van der Waals surface area (Å²) in [6.45, 7) is 3.34. The van der Waals surface area contributed by atoms with Gasteiger partial charge in [0, 0.05) is 39.4 Å². The largest absolute Gasteiger partial charge is 0.384 e. The Bertz CT molecular complexity index is 706. The van der Waals surface area contributed by atoms with Gasteiger partial charge in [-0.15, -0.1) is 0 Å². The molecule has 6 heteroatoms. The monoisotopic (exact) mass is 357 g/mol. The van der Waals surface area contributed by atoms with E-state index in [-0.39, 0.29) is 11.9 Å². The molecule has 2 aliphatic heterocycles. The summed E-state index contributed by atoms with van der Waals surface area (Å²) in [5.41, 5.74) is 7.23. The molecule has 2 heterocycles. The van der Waals surface area contributed by atoms with Crippen LogP contribution in [0.1, 0.15) is 52.0 Å². The first-order chi connectivity index (χ1) is 12.6. The molecule has 0 atom stereocenters. The molecule has 4 rings (SSSR count). The molecular formula is C20H27N3O3. The van der Waals surface area contributed by atoms with Gasteiger partial charge in [-0.2, -0.15) is 0 Å². The second-order valence-electron chi connectivity index (χ2n) is 7.87. The van der Waals surface area contributed by atoms with Crippen molar-refractivity contribution in [2.24, 2.45) is 11.7 Å². The van der Waals surface area contributed by atoms with Crippen LogP contribution in [0.4, 0.5) is 0 Å². The van der Waals surface area contributed by atoms with Gasteiger partial charge >= 0.3 is 0 Å². The topological polar surface area (TPSA) is 75.9 Å². The van der Waals surface area contributed by atoms with Crippen LogP contribution in [0.2, 0.25) is 0 Å². The lowest BCUT2D eigenvalue weighted by molar-refractivity contribution is -0.00842. The van der Waals surface area contributed by atoms with Crippen LogP contribution in [0, 0.1) is 5.92 Å². The van der Waals surface area contributed by atoms with Crippen molar-refractivity contribution in [1.82, 2.24) is 9.80 Å². The lowest BCUT2D eigenvalue weighted by atomic mass is 9.84. The number of carbonyl (C=O) groups is 2. The molecule has 1 saturated heterocycles. The number of fused-ring (bicyclic) bond motifs is 1. The Morgan fingerprint density at radius 3 is 2.58 bits per heavy atom. The first-order valence-corrected chi connectivity index (χ1v) is 9.54. The van der Waals surface area contributed by atoms with E-state index in [4.69, 9.17) is 10.5 Å². The van der Waals surface area contributed by atoms with E-state index < -0.39 is 5.91 Å². The SMILES string of the molecule is COC[C@H]1CC[C@@H](N2CC(N3Cc4cccc(C(N)=O)c4C3=O)C2)CC1. The van der Waals surface area contributed by atoms with Crippen LogP contribution >= 0.6 is 0 Å². The van der Waals surface area contributed by atoms with E-state index in [0.29, 0.717) is 29.6 Å². The van der Waals surface area contributed by atoms with Gasteiger partial charge in [0.2, 0.25) is 5.91 Å². The van der Waals surface area contributed by atoms with E-state index >= 15 is 0 Å². The van der Waals surface area contributed by atoms with E-state index in [1.54, 1.807) is 19.2 Å². The Hall–Kier alpha value is -1.92. The van der Waals surface area contributed by atoms with Crippen molar-refractivity contribution in [3.05, 3.63) is 34.9 Å². The predicted molar refractivity (Wildman–Crippen MR) is 97.8 cm³/mol. The fourth-order valence-electron chi connectivity index (χ4n) is 4.78. The first-order valence-electron chi connectivity index (χ1n) is 9.54. The van der Waals surface area contributed by atoms with Gasteiger partial charge in [0.15, 0.2) is 0 Å². The molecule has 2 fully saturated rings. The number of benzene rings is 1. The maximum absolute atomic E-state index is 12.8. The normalized spacial score (nSPS) is 26.7. The summed E-state index contributed by atoms with van der Waals surface area (Å²) in [7, 11) is 1.78. The van der Waals surface area contributed by atoms with E-state index in [2.05, 4.69) is 4.90 Å². The molecule has 0 unspecified atom stereocenters. The average Bonchev–Trinajstić information content (AvgIpc) is 2.92. The molecule has 0 radical (unpaired) electrons. The van der Waals surface area contributed by atoms with Crippen LogP contribution in [0.5, 0.6) is 0 Å². The maximum Gasteiger partial charge on any atom is 0.255 e. The predicted octanol–water partition coefficient (Wildman–Crippen LogP) is 1.63. The van der Waals surface area contributed by atoms with Gasteiger partial charge in [0.1, 0.15) is 0 Å². The zero-order chi connectivity index (χ0) is 18.3. The Morgan fingerprint density at radius 1 is 1.19 bits per heavy atom. The summed E-state index contributed by atoms with van der Waals surface area (Å²) in [4.78, 5) is 28.9. The molecule has 1 saturated carbocycles. The molecule has 0 aromatic heterocycles. The Balaban J connectivity index is 1.35. The highest BCUT2D eigenvalue weighted by Crippen LogP contribution is 2.34. The minimum Gasteiger partial charge on any atom is -0.384 e. The molecule has 2 amide bonds. The summed E-state index contributed by atoms with van der Waals surface area (Å²) in [6.07, 6.45) is 4.91. The Kier molecular flexibility index (Phi) is 4.71. The van der Waals surface area contributed by atoms with Crippen LogP contribution < -0.4 is 5.73 Å². The van der Waals surface area contributed by atoms with E-state index in [1.165, 1.54) is 25.7 Å². The number of rotatable bonds is 5. The third-order valence-corrected chi connectivity index (χ3v) is 6.30. The third-order valence-electron chi connectivity index (χ3n) is 6.30. The smallest absolute Gasteiger partial charge is 0.255 e. The van der Waals surface area contributed by atoms with Gasteiger partial charge in [-0.3, -0.25) is 14.5 Å². The Morgan fingerprint density at radius 2 is 1.92 bits per heavy atom. The fraction of sp³-hybridized carbons (Fsp3) is 0.600. The molecule has 1 aromatic rings. The molecule has 1 aromatic carbocycles. The molecule has 6 nitrogen and oxygen atoms in total. The standard InChI is InChI=1S/C20H27N3O3/c1-26-12-13-5-7-15(8-6-13)22-10-16(11-22)23-9-14-3-2-4-17(19(21)24)18(14)20(23)25/h2-4,13,15-16H,5-12H2,1H3,(H2,21,24)/t13-,15+. The van der Waals surface area contributed by atoms with Gasteiger partial charge < -0.3 is 15.4 Å². The zero-order valence-electron chi connectivity index (χ0n) is 15.3. The number of carbonyl (C=O) groups excluding carboxylic acids is 2. The van der Waals surface area contributed by atoms with E-state index in [1.807, 2.05) is 11.0 Å². The van der Waals surface area contributed by atoms with Crippen molar-refractivity contribution in [3.63, 3.8) is 0 Å². The quantitative estimate of drug-likeness (QED) is 0.869. The fourth-order valence-corrected chi connectivity index (χ4v) is 4.78. The molecule has 26 heavy (non-hydrogen) atoms. The summed E-state index contributed by atoms with van der Waals surface area (Å²) < 4.78 is 5.28. The number of primary amides is 1. The summed E-state index contributed by atoms with van der Waals surface area (Å²) in [5.74, 6) is 0.137. The Labute approximate surface area is 154 Å². The molecule has 140 valence electrons. The van der Waals surface area contributed by atoms with Gasteiger partial charge in [0.25, 0.3) is 5.91 Å². The molecule has 0 bridgehead atoms. The van der Waals surface area contributed by atoms with Gasteiger partial charge in [-0.1, -0.05) is 12.1 Å². The summed E-state index contributed by atoms with van der Waals surface area (Å²) in [6, 6.07) is 6.26. The number of likely N-dealkylation sites (tertiary alicyclic amines) is 1. The number of amides is 2. The number of hydrogen-bond acceptors (Lipinski definition) is 4. The number of hydrogen-bond donors (Lipinski definition) is 1. The number of nitrogens with two attached hydrogens (primary N) is 1. The maximum atomic E-state index is 12.8. The van der Waals surface area contributed by atoms with Crippen molar-refractivity contribution < 1.29 is 14.3 Å². The minimum atomic E-state index is -0.528. The van der Waals surface area contributed by atoms with Crippen LogP contribution in [0.25, 0.3) is 0 Å². The molecule has 2 N–H and O–H groups in total. The molecule has 1 aliphatic carbocycles. The van der Waals surface area contributed by atoms with Gasteiger partial charge in [-0.05, 0) is 43.2 Å². The number of methoxy groups -OCH3 is 1. The van der Waals surface area contributed by atoms with Crippen molar-refractivity contribution >= 4 is 11.8 Å². The minimum absolute atomic E-state index is 0.0390. The van der Waals surface area contributed by atoms with Crippen LogP contribution in [0.15, 0.2) is 18.2 Å². The van der Waals surface area contributed by atoms with Crippen LogP contribution in [-0.2, 0) is 11.3 Å². The summed E-state index contributed by atoms with van der Waals surface area (Å²) >= 11 is 0. The average molecular weight is 357 g/mol. The van der Waals surface area contributed by atoms with Crippen LogP contribution in [-0.4, -0.2) is 60.5 Å². The second kappa shape index (κ2) is 7.00. The first kappa shape index (κ1) is 17.5. The van der Waals surface area contributed by atoms with E-state index in [9.17, 15) is 9.59 Å². The zero-order valence-corrected chi connectivity index (χ0v) is 15.3. The van der Waals surface area contributed by atoms with Crippen molar-refractivity contribution in [1.29, 1.82) is 0 Å². The number of ether oxygens (including phenoxy) is 1. The molecule has 3 aliphatic rings. The molecule has 0 spiro atoms. The lowest BCUT2D eigenvalue weighted by Crippen LogP contribution is -2.62.